The number of ether oxygens (including phenoxy) is 1. The van der Waals surface area contributed by atoms with Crippen LogP contribution in [0, 0.1) is 0 Å². The van der Waals surface area contributed by atoms with Crippen molar-refractivity contribution in [3.63, 3.8) is 0 Å². The Morgan fingerprint density at radius 1 is 1.10 bits per heavy atom. The maximum absolute atomic E-state index is 5.26. The number of hydrogen-bond acceptors (Lipinski definition) is 2. The lowest BCUT2D eigenvalue weighted by Crippen LogP contribution is -2.51. The van der Waals surface area contributed by atoms with Crippen molar-refractivity contribution in [1.29, 1.82) is 0 Å². The summed E-state index contributed by atoms with van der Waals surface area (Å²) < 4.78 is 5.26. The second kappa shape index (κ2) is 2.93. The summed E-state index contributed by atoms with van der Waals surface area (Å²) in [6.45, 7) is 11.0. The normalized spacial score (nSPS) is 23.1. The van der Waals surface area contributed by atoms with Crippen LogP contribution >= 0.6 is 0 Å². The van der Waals surface area contributed by atoms with Crippen molar-refractivity contribution in [3.8, 4) is 0 Å². The van der Waals surface area contributed by atoms with E-state index in [0.717, 1.165) is 26.3 Å². The van der Waals surface area contributed by atoms with Gasteiger partial charge in [-0.1, -0.05) is 0 Å². The summed E-state index contributed by atoms with van der Waals surface area (Å²) in [5, 5.41) is 0. The topological polar surface area (TPSA) is 12.5 Å². The van der Waals surface area contributed by atoms with Gasteiger partial charge in [-0.2, -0.15) is 20.5 Å². The predicted molar refractivity (Wildman–Crippen MR) is 45.7 cm³/mol. The second-order valence-electron chi connectivity index (χ2n) is 4.15. The van der Waals surface area contributed by atoms with Gasteiger partial charge in [-0.3, -0.25) is 0 Å². The molecular formula is C7H17BNO-. The highest BCUT2D eigenvalue weighted by Gasteiger charge is 2.17. The maximum Gasteiger partial charge on any atom is 0.0561 e. The van der Waals surface area contributed by atoms with Gasteiger partial charge < -0.3 is 9.55 Å². The summed E-state index contributed by atoms with van der Waals surface area (Å²) in [5.41, 5.74) is 0. The van der Waals surface area contributed by atoms with E-state index in [4.69, 9.17) is 4.74 Å². The molecule has 1 heterocycles. The van der Waals surface area contributed by atoms with Crippen molar-refractivity contribution in [1.82, 2.24) is 4.81 Å². The summed E-state index contributed by atoms with van der Waals surface area (Å²) in [6.07, 6.45) is -0.274. The van der Waals surface area contributed by atoms with E-state index >= 15 is 0 Å². The van der Waals surface area contributed by atoms with Crippen molar-refractivity contribution in [2.45, 2.75) is 20.5 Å². The molecule has 3 heteroatoms. The third kappa shape index (κ3) is 1.99. The molecule has 0 N–H and O–H groups in total. The largest absolute Gasteiger partial charge is 0.472 e. The Labute approximate surface area is 63.5 Å². The molecule has 0 aromatic carbocycles. The highest BCUT2D eigenvalue weighted by atomic mass is 16.5. The lowest BCUT2D eigenvalue weighted by molar-refractivity contribution is 0.0693. The molecule has 1 fully saturated rings. The average molecular weight is 142 g/mol. The Morgan fingerprint density at radius 2 is 1.60 bits per heavy atom. The summed E-state index contributed by atoms with van der Waals surface area (Å²) >= 11 is 0. The van der Waals surface area contributed by atoms with Crippen molar-refractivity contribution >= 4 is 6.28 Å². The van der Waals surface area contributed by atoms with E-state index < -0.39 is 0 Å². The van der Waals surface area contributed by atoms with E-state index in [-0.39, 0.29) is 6.28 Å². The minimum absolute atomic E-state index is 0.274. The molecule has 2 nitrogen and oxygen atoms in total. The van der Waals surface area contributed by atoms with Gasteiger partial charge in [-0.25, -0.2) is 0 Å². The lowest BCUT2D eigenvalue weighted by Gasteiger charge is -2.44. The first-order valence-electron chi connectivity index (χ1n) is 4.20. The molecule has 1 saturated heterocycles. The van der Waals surface area contributed by atoms with Crippen LogP contribution < -0.4 is 0 Å². The Balaban J connectivity index is 2.39. The van der Waals surface area contributed by atoms with E-state index in [9.17, 15) is 0 Å². The fraction of sp³-hybridized carbons (Fsp3) is 1.00. The SMILES string of the molecule is C[B-](C)(C)N1CCOCC1. The molecule has 1 rings (SSSR count). The molecule has 0 unspecified atom stereocenters. The zero-order valence-electron chi connectivity index (χ0n) is 7.26. The number of rotatable bonds is 1. The molecule has 1 aliphatic heterocycles. The summed E-state index contributed by atoms with van der Waals surface area (Å²) in [5.74, 6) is 0. The van der Waals surface area contributed by atoms with Gasteiger partial charge in [-0.05, 0) is 13.1 Å². The molecule has 0 bridgehead atoms. The van der Waals surface area contributed by atoms with E-state index in [1.54, 1.807) is 0 Å². The van der Waals surface area contributed by atoms with Crippen molar-refractivity contribution in [2.75, 3.05) is 26.3 Å². The standard InChI is InChI=1S/C7H17BNO/c1-8(2,3)9-4-6-10-7-5-9/h4-7H2,1-3H3/q-1. The Bertz CT molecular complexity index is 105. The molecule has 0 amide bonds. The van der Waals surface area contributed by atoms with E-state index in [1.807, 2.05) is 0 Å². The fourth-order valence-corrected chi connectivity index (χ4v) is 1.35. The smallest absolute Gasteiger partial charge is 0.0561 e. The van der Waals surface area contributed by atoms with Crippen LogP contribution in [0.2, 0.25) is 20.5 Å². The molecule has 1 aliphatic rings. The molecule has 0 aliphatic carbocycles. The first-order chi connectivity index (χ1) is 4.61. The van der Waals surface area contributed by atoms with Gasteiger partial charge in [-0.15, -0.1) is 0 Å². The summed E-state index contributed by atoms with van der Waals surface area (Å²) in [7, 11) is 0. The van der Waals surface area contributed by atoms with Gasteiger partial charge >= 0.3 is 0 Å². The molecule has 0 aromatic rings. The van der Waals surface area contributed by atoms with Crippen molar-refractivity contribution < 1.29 is 4.74 Å². The van der Waals surface area contributed by atoms with Crippen LogP contribution in [0.5, 0.6) is 0 Å². The van der Waals surface area contributed by atoms with Crippen LogP contribution in [-0.2, 0) is 4.74 Å². The molecular weight excluding hydrogens is 125 g/mol. The lowest BCUT2D eigenvalue weighted by atomic mass is 9.40. The number of hydrogen-bond donors (Lipinski definition) is 0. The zero-order chi connectivity index (χ0) is 7.61. The molecule has 0 spiro atoms. The first-order valence-corrected chi connectivity index (χ1v) is 4.20. The van der Waals surface area contributed by atoms with Crippen molar-refractivity contribution in [3.05, 3.63) is 0 Å². The minimum Gasteiger partial charge on any atom is -0.472 e. The Hall–Kier alpha value is -0.0151. The Morgan fingerprint density at radius 3 is 1.90 bits per heavy atom. The molecule has 0 aromatic heterocycles. The number of nitrogens with zero attached hydrogens (tertiary/aromatic N) is 1. The van der Waals surface area contributed by atoms with Gasteiger partial charge in [0.05, 0.1) is 19.5 Å². The zero-order valence-corrected chi connectivity index (χ0v) is 7.26. The monoisotopic (exact) mass is 142 g/mol. The highest BCUT2D eigenvalue weighted by Crippen LogP contribution is 2.10. The molecule has 0 saturated carbocycles. The Kier molecular flexibility index (Phi) is 2.37. The molecule has 10 heavy (non-hydrogen) atoms. The molecule has 0 atom stereocenters. The highest BCUT2D eigenvalue weighted by molar-refractivity contribution is 6.73. The second-order valence-corrected chi connectivity index (χ2v) is 4.15. The third-order valence-electron chi connectivity index (χ3n) is 2.14. The quantitative estimate of drug-likeness (QED) is 0.509. The van der Waals surface area contributed by atoms with E-state index in [2.05, 4.69) is 25.3 Å². The van der Waals surface area contributed by atoms with Gasteiger partial charge in [0.1, 0.15) is 0 Å². The molecule has 60 valence electrons. The third-order valence-corrected chi connectivity index (χ3v) is 2.14. The van der Waals surface area contributed by atoms with E-state index in [0.29, 0.717) is 0 Å². The fourth-order valence-electron chi connectivity index (χ4n) is 1.35. The predicted octanol–water partition coefficient (Wildman–Crippen LogP) is 1.15. The maximum atomic E-state index is 5.26. The van der Waals surface area contributed by atoms with Crippen LogP contribution in [0.25, 0.3) is 0 Å². The first kappa shape index (κ1) is 8.09. The minimum atomic E-state index is -0.274. The summed E-state index contributed by atoms with van der Waals surface area (Å²) in [6, 6.07) is 0. The average Bonchev–Trinajstić information content (AvgIpc) is 1.88. The molecule has 0 radical (unpaired) electrons. The van der Waals surface area contributed by atoms with E-state index in [1.165, 1.54) is 0 Å². The van der Waals surface area contributed by atoms with Crippen LogP contribution in [-0.4, -0.2) is 37.4 Å². The van der Waals surface area contributed by atoms with Crippen LogP contribution in [0.1, 0.15) is 0 Å². The van der Waals surface area contributed by atoms with Crippen LogP contribution in [0.4, 0.5) is 0 Å². The van der Waals surface area contributed by atoms with Crippen LogP contribution in [0.3, 0.4) is 0 Å². The summed E-state index contributed by atoms with van der Waals surface area (Å²) in [4.78, 5) is 2.52. The van der Waals surface area contributed by atoms with Crippen LogP contribution in [0.15, 0.2) is 0 Å². The van der Waals surface area contributed by atoms with Gasteiger partial charge in [0.2, 0.25) is 0 Å². The van der Waals surface area contributed by atoms with Gasteiger partial charge in [0, 0.05) is 0 Å². The number of morpholine rings is 1. The van der Waals surface area contributed by atoms with Crippen molar-refractivity contribution in [2.24, 2.45) is 0 Å². The van der Waals surface area contributed by atoms with Gasteiger partial charge in [0.25, 0.3) is 0 Å². The van der Waals surface area contributed by atoms with Gasteiger partial charge in [0.15, 0.2) is 0 Å².